The van der Waals surface area contributed by atoms with Gasteiger partial charge in [0.25, 0.3) is 0 Å². The highest BCUT2D eigenvalue weighted by molar-refractivity contribution is 7.90. The smallest absolute Gasteiger partial charge is 0.202 e. The number of aromatic nitrogens is 2. The first kappa shape index (κ1) is 20.1. The Hall–Kier alpha value is -2.24. The van der Waals surface area contributed by atoms with Crippen molar-refractivity contribution in [2.45, 2.75) is 13.3 Å². The van der Waals surface area contributed by atoms with Crippen LogP contribution in [0.15, 0.2) is 22.8 Å². The minimum atomic E-state index is -2.72. The Morgan fingerprint density at radius 1 is 1.38 bits per heavy atom. The first-order valence-corrected chi connectivity index (χ1v) is 9.81. The minimum absolute atomic E-state index is 0.0648. The lowest BCUT2D eigenvalue weighted by atomic mass is 10.3. The molecule has 1 heterocycles. The van der Waals surface area contributed by atoms with Crippen LogP contribution in [0.4, 0.5) is 15.9 Å². The first-order chi connectivity index (χ1) is 12.3. The Kier molecular flexibility index (Phi) is 6.89. The van der Waals surface area contributed by atoms with Gasteiger partial charge >= 0.3 is 0 Å². The zero-order chi connectivity index (χ0) is 19.2. The van der Waals surface area contributed by atoms with Crippen molar-refractivity contribution in [2.75, 3.05) is 29.5 Å². The van der Waals surface area contributed by atoms with Gasteiger partial charge in [-0.25, -0.2) is 22.7 Å². The van der Waals surface area contributed by atoms with E-state index in [4.69, 9.17) is 21.8 Å². The second kappa shape index (κ2) is 8.92. The van der Waals surface area contributed by atoms with E-state index in [0.717, 1.165) is 0 Å². The molecule has 0 bridgehead atoms. The first-order valence-electron chi connectivity index (χ1n) is 7.71. The van der Waals surface area contributed by atoms with E-state index >= 15 is 0 Å². The van der Waals surface area contributed by atoms with Crippen molar-refractivity contribution in [1.29, 1.82) is 10.2 Å². The fraction of sp³-hybridized carbons (Fsp3) is 0.357. The van der Waals surface area contributed by atoms with Gasteiger partial charge in [-0.05, 0) is 34.9 Å². The van der Waals surface area contributed by atoms with Crippen molar-refractivity contribution in [2.24, 2.45) is 0 Å². The van der Waals surface area contributed by atoms with Gasteiger partial charge < -0.3 is 10.6 Å². The third-order valence-electron chi connectivity index (χ3n) is 3.30. The van der Waals surface area contributed by atoms with Gasteiger partial charge in [-0.1, -0.05) is 18.5 Å². The largest absolute Gasteiger partial charge is 0.365 e. The highest BCUT2D eigenvalue weighted by Crippen LogP contribution is 2.20. The molecule has 0 amide bonds. The van der Waals surface area contributed by atoms with Crippen LogP contribution in [0.25, 0.3) is 0 Å². The van der Waals surface area contributed by atoms with E-state index in [1.807, 2.05) is 0 Å². The predicted molar refractivity (Wildman–Crippen MR) is 98.7 cm³/mol. The third kappa shape index (κ3) is 5.64. The number of nitrogens with one attached hydrogen (secondary N) is 5. The average molecular weight is 404 g/mol. The molecule has 2 rings (SSSR count). The topological polar surface area (TPSA) is 140 Å². The van der Waals surface area contributed by atoms with Gasteiger partial charge in [-0.2, -0.15) is 0 Å². The molecule has 12 heteroatoms. The molecule has 1 unspecified atom stereocenters. The number of hydrogen-bond acceptors (Lipinski definition) is 7. The molecule has 1 atom stereocenters. The summed E-state index contributed by atoms with van der Waals surface area (Å²) < 4.78 is 39.5. The monoisotopic (exact) mass is 403 g/mol. The number of amidine groups is 1. The SMILES string of the molecule is CCS(=N)(=O)NCCCNc1nonc1C(=N)Nc1ccc(F)c(Cl)c1. The molecule has 2 aromatic rings. The molecule has 1 aromatic carbocycles. The predicted octanol–water partition coefficient (Wildman–Crippen LogP) is 2.67. The van der Waals surface area contributed by atoms with Crippen molar-refractivity contribution < 1.29 is 13.2 Å². The van der Waals surface area contributed by atoms with Crippen LogP contribution >= 0.6 is 11.6 Å². The summed E-state index contributed by atoms with van der Waals surface area (Å²) in [5, 5.41) is 21.0. The zero-order valence-electron chi connectivity index (χ0n) is 13.9. The molecule has 0 saturated heterocycles. The van der Waals surface area contributed by atoms with Crippen LogP contribution in [0.2, 0.25) is 5.02 Å². The van der Waals surface area contributed by atoms with E-state index in [9.17, 15) is 8.60 Å². The molecular weight excluding hydrogens is 385 g/mol. The number of nitrogens with zero attached hydrogens (tertiary/aromatic N) is 2. The summed E-state index contributed by atoms with van der Waals surface area (Å²) >= 11 is 5.71. The van der Waals surface area contributed by atoms with Crippen LogP contribution in [0.1, 0.15) is 19.0 Å². The van der Waals surface area contributed by atoms with Crippen LogP contribution in [0.5, 0.6) is 0 Å². The molecule has 0 spiro atoms. The summed E-state index contributed by atoms with van der Waals surface area (Å²) in [6, 6.07) is 3.98. The number of hydrogen-bond donors (Lipinski definition) is 5. The van der Waals surface area contributed by atoms with E-state index in [1.165, 1.54) is 18.2 Å². The lowest BCUT2D eigenvalue weighted by molar-refractivity contribution is 0.307. The Morgan fingerprint density at radius 2 is 2.15 bits per heavy atom. The minimum Gasteiger partial charge on any atom is -0.365 e. The molecule has 0 radical (unpaired) electrons. The van der Waals surface area contributed by atoms with Crippen LogP contribution in [-0.4, -0.2) is 39.2 Å². The normalized spacial score (nSPS) is 13.2. The summed E-state index contributed by atoms with van der Waals surface area (Å²) in [5.74, 6) is -0.149. The van der Waals surface area contributed by atoms with Crippen molar-refractivity contribution in [3.63, 3.8) is 0 Å². The number of rotatable bonds is 9. The van der Waals surface area contributed by atoms with Crippen molar-refractivity contribution in [3.05, 3.63) is 34.7 Å². The standard InChI is InChI=1S/C14H19ClFN7O2S/c1-2-26(18,24)20-7-3-6-19-14-12(22-25-23-14)13(17)21-9-4-5-11(16)10(15)8-9/h4-5,8H,2-3,6-7H2,1H3,(H2,17,21)(H,19,23)(H2,18,20,24). The molecule has 1 aromatic heterocycles. The van der Waals surface area contributed by atoms with E-state index < -0.39 is 15.7 Å². The maximum atomic E-state index is 13.2. The highest BCUT2D eigenvalue weighted by Gasteiger charge is 2.15. The van der Waals surface area contributed by atoms with E-state index in [2.05, 4.69) is 30.3 Å². The van der Waals surface area contributed by atoms with Crippen LogP contribution in [-0.2, 0) is 9.92 Å². The maximum absolute atomic E-state index is 13.2. The molecule has 26 heavy (non-hydrogen) atoms. The van der Waals surface area contributed by atoms with Crippen molar-refractivity contribution >= 4 is 38.9 Å². The van der Waals surface area contributed by atoms with E-state index in [1.54, 1.807) is 6.92 Å². The second-order valence-electron chi connectivity index (χ2n) is 5.23. The fourth-order valence-electron chi connectivity index (χ4n) is 1.88. The average Bonchev–Trinajstić information content (AvgIpc) is 3.06. The summed E-state index contributed by atoms with van der Waals surface area (Å²) in [5.41, 5.74) is 0.570. The fourth-order valence-corrected chi connectivity index (χ4v) is 2.74. The molecule has 0 fully saturated rings. The van der Waals surface area contributed by atoms with Gasteiger partial charge in [-0.15, -0.1) is 0 Å². The van der Waals surface area contributed by atoms with E-state index in [0.29, 0.717) is 25.2 Å². The molecule has 0 aliphatic carbocycles. The van der Waals surface area contributed by atoms with Crippen LogP contribution < -0.4 is 15.4 Å². The van der Waals surface area contributed by atoms with Gasteiger partial charge in [-0.3, -0.25) is 5.41 Å². The molecule has 142 valence electrons. The number of halogens is 2. The summed E-state index contributed by atoms with van der Waals surface area (Å²) in [7, 11) is -2.72. The quantitative estimate of drug-likeness (QED) is 0.248. The van der Waals surface area contributed by atoms with Crippen molar-refractivity contribution in [1.82, 2.24) is 15.0 Å². The van der Waals surface area contributed by atoms with Crippen LogP contribution in [0, 0.1) is 16.0 Å². The Balaban J connectivity index is 1.88. The van der Waals surface area contributed by atoms with E-state index in [-0.39, 0.29) is 28.1 Å². The Bertz CT molecular complexity index is 872. The number of anilines is 2. The second-order valence-corrected chi connectivity index (χ2v) is 7.85. The number of benzene rings is 1. The molecule has 0 aliphatic heterocycles. The maximum Gasteiger partial charge on any atom is 0.202 e. The zero-order valence-corrected chi connectivity index (χ0v) is 15.5. The summed E-state index contributed by atoms with van der Waals surface area (Å²) in [6.45, 7) is 2.53. The lowest BCUT2D eigenvalue weighted by Gasteiger charge is -2.09. The van der Waals surface area contributed by atoms with Gasteiger partial charge in [0.1, 0.15) is 15.7 Å². The molecule has 9 nitrogen and oxygen atoms in total. The molecule has 0 aliphatic rings. The highest BCUT2D eigenvalue weighted by atomic mass is 35.5. The van der Waals surface area contributed by atoms with Crippen molar-refractivity contribution in [3.8, 4) is 0 Å². The van der Waals surface area contributed by atoms with Gasteiger partial charge in [0.05, 0.1) is 5.02 Å². The lowest BCUT2D eigenvalue weighted by Crippen LogP contribution is -2.26. The van der Waals surface area contributed by atoms with Crippen LogP contribution in [0.3, 0.4) is 0 Å². The summed E-state index contributed by atoms with van der Waals surface area (Å²) in [6.07, 6.45) is 0.580. The molecule has 0 saturated carbocycles. The van der Waals surface area contributed by atoms with Gasteiger partial charge in [0, 0.05) is 24.5 Å². The summed E-state index contributed by atoms with van der Waals surface area (Å²) in [4.78, 5) is 0. The van der Waals surface area contributed by atoms with Gasteiger partial charge in [0.15, 0.2) is 11.5 Å². The Morgan fingerprint density at radius 3 is 2.85 bits per heavy atom. The molecular formula is C14H19ClFN7O2S. The third-order valence-corrected chi connectivity index (χ3v) is 5.08. The van der Waals surface area contributed by atoms with Gasteiger partial charge in [0.2, 0.25) is 5.82 Å². The molecule has 5 N–H and O–H groups in total. The Labute approximate surface area is 155 Å².